The van der Waals surface area contributed by atoms with Gasteiger partial charge in [0, 0.05) is 0 Å². The van der Waals surface area contributed by atoms with E-state index in [9.17, 15) is 0 Å². The average molecular weight is 377 g/mol. The Morgan fingerprint density at radius 1 is 1.15 bits per heavy atom. The number of nitrogens with two attached hydrogens (primary N) is 1. The summed E-state index contributed by atoms with van der Waals surface area (Å²) >= 11 is 2.20. The molecule has 2 N–H and O–H groups in total. The molecule has 0 bridgehead atoms. The fourth-order valence-corrected chi connectivity index (χ4v) is 3.67. The number of rotatable bonds is 1. The Balaban J connectivity index is 1.84. The molecule has 1 aromatic carbocycles. The molecule has 0 radical (unpaired) electrons. The maximum absolute atomic E-state index is 5.94. The van der Waals surface area contributed by atoms with Crippen molar-refractivity contribution in [3.05, 3.63) is 45.4 Å². The smallest absolute Gasteiger partial charge is 0.164 e. The summed E-state index contributed by atoms with van der Waals surface area (Å²) in [6, 6.07) is 8.87. The largest absolute Gasteiger partial charge is 0.383 e. The number of anilines is 1. The van der Waals surface area contributed by atoms with Crippen LogP contribution in [0.4, 0.5) is 5.82 Å². The van der Waals surface area contributed by atoms with Crippen molar-refractivity contribution in [2.24, 2.45) is 0 Å². The van der Waals surface area contributed by atoms with Crippen LogP contribution in [0.1, 0.15) is 17.2 Å². The SMILES string of the molecule is Nc1ncnc2c1c(I)nn2C1Cc2ccccc2C1. The summed E-state index contributed by atoms with van der Waals surface area (Å²) in [5.41, 5.74) is 9.58. The van der Waals surface area contributed by atoms with Crippen molar-refractivity contribution in [3.8, 4) is 0 Å². The van der Waals surface area contributed by atoms with E-state index in [1.54, 1.807) is 0 Å². The highest BCUT2D eigenvalue weighted by molar-refractivity contribution is 14.1. The zero-order chi connectivity index (χ0) is 13.7. The third-order valence-corrected chi connectivity index (χ3v) is 4.61. The summed E-state index contributed by atoms with van der Waals surface area (Å²) in [4.78, 5) is 8.43. The van der Waals surface area contributed by atoms with Crippen LogP contribution >= 0.6 is 22.6 Å². The van der Waals surface area contributed by atoms with Gasteiger partial charge < -0.3 is 5.73 Å². The first-order valence-electron chi connectivity index (χ1n) is 6.45. The molecule has 1 aliphatic carbocycles. The van der Waals surface area contributed by atoms with E-state index in [4.69, 9.17) is 5.73 Å². The van der Waals surface area contributed by atoms with E-state index in [1.807, 2.05) is 4.68 Å². The molecule has 0 saturated carbocycles. The topological polar surface area (TPSA) is 69.6 Å². The van der Waals surface area contributed by atoms with Gasteiger partial charge >= 0.3 is 0 Å². The number of fused-ring (bicyclic) bond motifs is 2. The van der Waals surface area contributed by atoms with Crippen molar-refractivity contribution in [3.63, 3.8) is 0 Å². The number of aromatic nitrogens is 4. The molecule has 4 rings (SSSR count). The molecule has 0 unspecified atom stereocenters. The number of nitrogen functional groups attached to an aromatic ring is 1. The van der Waals surface area contributed by atoms with Crippen LogP contribution in [0.2, 0.25) is 0 Å². The van der Waals surface area contributed by atoms with Gasteiger partial charge in [-0.2, -0.15) is 5.10 Å². The van der Waals surface area contributed by atoms with Crippen molar-refractivity contribution in [1.29, 1.82) is 0 Å². The summed E-state index contributed by atoms with van der Waals surface area (Å²) < 4.78 is 2.88. The molecule has 1 aliphatic rings. The molecular weight excluding hydrogens is 365 g/mol. The number of hydrogen-bond acceptors (Lipinski definition) is 4. The maximum atomic E-state index is 5.94. The Hall–Kier alpha value is -1.70. The lowest BCUT2D eigenvalue weighted by atomic mass is 10.1. The van der Waals surface area contributed by atoms with E-state index in [0.29, 0.717) is 11.9 Å². The Kier molecular flexibility index (Phi) is 2.66. The zero-order valence-corrected chi connectivity index (χ0v) is 12.8. The first-order chi connectivity index (χ1) is 9.74. The van der Waals surface area contributed by atoms with Crippen LogP contribution in [0, 0.1) is 3.70 Å². The molecule has 3 aromatic rings. The summed E-state index contributed by atoms with van der Waals surface area (Å²) in [6.45, 7) is 0. The second-order valence-corrected chi connectivity index (χ2v) is 6.05. The summed E-state index contributed by atoms with van der Waals surface area (Å²) in [5, 5.41) is 5.50. The molecule has 2 heterocycles. The fraction of sp³-hybridized carbons (Fsp3) is 0.214. The molecule has 0 fully saturated rings. The number of benzene rings is 1. The van der Waals surface area contributed by atoms with Crippen LogP contribution in [-0.4, -0.2) is 19.7 Å². The molecule has 5 nitrogen and oxygen atoms in total. The third kappa shape index (κ3) is 1.71. The Labute approximate surface area is 129 Å². The Morgan fingerprint density at radius 2 is 1.85 bits per heavy atom. The molecule has 0 amide bonds. The van der Waals surface area contributed by atoms with E-state index < -0.39 is 0 Å². The van der Waals surface area contributed by atoms with Gasteiger partial charge in [-0.25, -0.2) is 14.6 Å². The van der Waals surface area contributed by atoms with E-state index in [0.717, 1.165) is 27.6 Å². The third-order valence-electron chi connectivity index (χ3n) is 3.85. The van der Waals surface area contributed by atoms with Gasteiger partial charge in [0.1, 0.15) is 15.8 Å². The number of hydrogen-bond donors (Lipinski definition) is 1. The van der Waals surface area contributed by atoms with Gasteiger partial charge in [-0.3, -0.25) is 0 Å². The molecule has 0 spiro atoms. The molecule has 0 saturated heterocycles. The van der Waals surface area contributed by atoms with Crippen LogP contribution in [0.5, 0.6) is 0 Å². The zero-order valence-electron chi connectivity index (χ0n) is 10.6. The molecule has 20 heavy (non-hydrogen) atoms. The van der Waals surface area contributed by atoms with Crippen molar-refractivity contribution in [1.82, 2.24) is 19.7 Å². The van der Waals surface area contributed by atoms with Crippen LogP contribution in [-0.2, 0) is 12.8 Å². The quantitative estimate of drug-likeness (QED) is 0.661. The summed E-state index contributed by atoms with van der Waals surface area (Å²) in [5.74, 6) is 0.501. The minimum atomic E-state index is 0.313. The second-order valence-electron chi connectivity index (χ2n) is 5.02. The molecule has 0 atom stereocenters. The molecular formula is C14H12IN5. The Bertz CT molecular complexity index is 785. The van der Waals surface area contributed by atoms with Crippen LogP contribution in [0.15, 0.2) is 30.6 Å². The first kappa shape index (κ1) is 12.1. The van der Waals surface area contributed by atoms with E-state index in [1.165, 1.54) is 17.5 Å². The lowest BCUT2D eigenvalue weighted by Crippen LogP contribution is -2.11. The highest BCUT2D eigenvalue weighted by Gasteiger charge is 2.26. The molecule has 0 aliphatic heterocycles. The lowest BCUT2D eigenvalue weighted by Gasteiger charge is -2.10. The van der Waals surface area contributed by atoms with Gasteiger partial charge in [-0.15, -0.1) is 0 Å². The van der Waals surface area contributed by atoms with Gasteiger partial charge in [-0.05, 0) is 46.6 Å². The predicted molar refractivity (Wildman–Crippen MR) is 85.3 cm³/mol. The van der Waals surface area contributed by atoms with E-state index in [-0.39, 0.29) is 0 Å². The lowest BCUT2D eigenvalue weighted by molar-refractivity contribution is 0.485. The molecule has 100 valence electrons. The highest BCUT2D eigenvalue weighted by Crippen LogP contribution is 2.33. The summed E-state index contributed by atoms with van der Waals surface area (Å²) in [7, 11) is 0. The number of nitrogens with zero attached hydrogens (tertiary/aromatic N) is 4. The van der Waals surface area contributed by atoms with Crippen molar-refractivity contribution in [2.75, 3.05) is 5.73 Å². The normalized spacial score (nSPS) is 14.8. The fourth-order valence-electron chi connectivity index (χ4n) is 2.92. The minimum absolute atomic E-state index is 0.313. The first-order valence-corrected chi connectivity index (χ1v) is 7.53. The standard InChI is InChI=1S/C14H12IN5/c15-12-11-13(16)17-7-18-14(11)20(19-12)10-5-8-3-1-2-4-9(8)6-10/h1-4,7,10H,5-6H2,(H2,16,17,18). The highest BCUT2D eigenvalue weighted by atomic mass is 127. The maximum Gasteiger partial charge on any atom is 0.164 e. The van der Waals surface area contributed by atoms with Crippen molar-refractivity contribution >= 4 is 39.4 Å². The van der Waals surface area contributed by atoms with Crippen LogP contribution in [0.25, 0.3) is 11.0 Å². The van der Waals surface area contributed by atoms with Gasteiger partial charge in [-0.1, -0.05) is 24.3 Å². The van der Waals surface area contributed by atoms with Gasteiger partial charge in [0.05, 0.1) is 11.4 Å². The van der Waals surface area contributed by atoms with E-state index >= 15 is 0 Å². The second kappa shape index (κ2) is 4.41. The molecule has 2 aromatic heterocycles. The van der Waals surface area contributed by atoms with Crippen molar-refractivity contribution in [2.45, 2.75) is 18.9 Å². The average Bonchev–Trinajstić information content (AvgIpc) is 3.00. The van der Waals surface area contributed by atoms with Gasteiger partial charge in [0.25, 0.3) is 0 Å². The van der Waals surface area contributed by atoms with E-state index in [2.05, 4.69) is 61.9 Å². The van der Waals surface area contributed by atoms with Crippen molar-refractivity contribution < 1.29 is 0 Å². The Morgan fingerprint density at radius 3 is 2.55 bits per heavy atom. The monoisotopic (exact) mass is 377 g/mol. The number of halogens is 1. The predicted octanol–water partition coefficient (Wildman–Crippen LogP) is 2.35. The van der Waals surface area contributed by atoms with Gasteiger partial charge in [0.15, 0.2) is 5.65 Å². The van der Waals surface area contributed by atoms with Crippen LogP contribution < -0.4 is 5.73 Å². The minimum Gasteiger partial charge on any atom is -0.383 e. The molecule has 6 heteroatoms. The summed E-state index contributed by atoms with van der Waals surface area (Å²) in [6.07, 6.45) is 3.49. The van der Waals surface area contributed by atoms with Crippen LogP contribution in [0.3, 0.4) is 0 Å². The van der Waals surface area contributed by atoms with Gasteiger partial charge in [0.2, 0.25) is 0 Å².